The number of hydrogen-bond acceptors (Lipinski definition) is 5. The molecule has 6 nitrogen and oxygen atoms in total. The maximum atomic E-state index is 13.1. The zero-order chi connectivity index (χ0) is 19.3. The Labute approximate surface area is 164 Å². The molecule has 1 amide bonds. The summed E-state index contributed by atoms with van der Waals surface area (Å²) in [6.45, 7) is 3.07. The minimum Gasteiger partial charge on any atom is -0.477 e. The van der Waals surface area contributed by atoms with E-state index in [4.69, 9.17) is 4.74 Å². The number of rotatable bonds is 7. The number of nitrogens with zero attached hydrogens (tertiary/aromatic N) is 4. The van der Waals surface area contributed by atoms with Crippen LogP contribution >= 0.6 is 0 Å². The standard InChI is InChI=1S/C22H22N4O2/c1-2-28-21-10-9-20(24-25-21)17-3-5-18(6-4-17)22(27)26(19-7-8-19)15-16-11-13-23-14-12-16/h3-6,9-14,19H,2,7-8,15H2,1H3. The molecule has 3 aromatic rings. The van der Waals surface area contributed by atoms with Gasteiger partial charge < -0.3 is 9.64 Å². The van der Waals surface area contributed by atoms with E-state index >= 15 is 0 Å². The minimum atomic E-state index is 0.0589. The van der Waals surface area contributed by atoms with Gasteiger partial charge in [-0.2, -0.15) is 0 Å². The van der Waals surface area contributed by atoms with Crippen molar-refractivity contribution in [3.8, 4) is 17.1 Å². The SMILES string of the molecule is CCOc1ccc(-c2ccc(C(=O)N(Cc3ccncc3)C3CC3)cc2)nn1. The second kappa shape index (κ2) is 8.17. The molecule has 0 radical (unpaired) electrons. The van der Waals surface area contributed by atoms with Crippen LogP contribution in [-0.2, 0) is 6.54 Å². The van der Waals surface area contributed by atoms with Gasteiger partial charge >= 0.3 is 0 Å². The summed E-state index contributed by atoms with van der Waals surface area (Å²) in [6.07, 6.45) is 5.66. The molecule has 28 heavy (non-hydrogen) atoms. The van der Waals surface area contributed by atoms with E-state index < -0.39 is 0 Å². The lowest BCUT2D eigenvalue weighted by Crippen LogP contribution is -2.32. The fourth-order valence-electron chi connectivity index (χ4n) is 3.09. The van der Waals surface area contributed by atoms with E-state index in [9.17, 15) is 4.79 Å². The van der Waals surface area contributed by atoms with Crippen molar-refractivity contribution in [1.82, 2.24) is 20.1 Å². The maximum Gasteiger partial charge on any atom is 0.254 e. The van der Waals surface area contributed by atoms with E-state index in [1.807, 2.05) is 54.3 Å². The number of carbonyl (C=O) groups excluding carboxylic acids is 1. The van der Waals surface area contributed by atoms with Crippen molar-refractivity contribution in [2.45, 2.75) is 32.4 Å². The number of hydrogen-bond donors (Lipinski definition) is 0. The number of benzene rings is 1. The Morgan fingerprint density at radius 3 is 2.39 bits per heavy atom. The molecule has 0 saturated heterocycles. The molecule has 1 aliphatic carbocycles. The highest BCUT2D eigenvalue weighted by Crippen LogP contribution is 2.30. The van der Waals surface area contributed by atoms with Crippen molar-refractivity contribution in [2.24, 2.45) is 0 Å². The minimum absolute atomic E-state index is 0.0589. The Kier molecular flexibility index (Phi) is 5.28. The summed E-state index contributed by atoms with van der Waals surface area (Å²) in [5, 5.41) is 8.25. The number of carbonyl (C=O) groups is 1. The van der Waals surface area contributed by atoms with Crippen LogP contribution in [0.4, 0.5) is 0 Å². The molecule has 6 heteroatoms. The van der Waals surface area contributed by atoms with Gasteiger partial charge in [0.2, 0.25) is 5.88 Å². The molecule has 4 rings (SSSR count). The van der Waals surface area contributed by atoms with Gasteiger partial charge in [0, 0.05) is 42.2 Å². The van der Waals surface area contributed by atoms with E-state index in [1.54, 1.807) is 18.5 Å². The van der Waals surface area contributed by atoms with Crippen molar-refractivity contribution in [3.63, 3.8) is 0 Å². The van der Waals surface area contributed by atoms with Crippen LogP contribution in [0.15, 0.2) is 60.9 Å². The molecule has 0 spiro atoms. The first-order valence-corrected chi connectivity index (χ1v) is 9.51. The lowest BCUT2D eigenvalue weighted by Gasteiger charge is -2.22. The summed E-state index contributed by atoms with van der Waals surface area (Å²) in [4.78, 5) is 19.1. The van der Waals surface area contributed by atoms with Crippen LogP contribution in [-0.4, -0.2) is 38.6 Å². The van der Waals surface area contributed by atoms with Gasteiger partial charge in [-0.3, -0.25) is 9.78 Å². The van der Waals surface area contributed by atoms with Crippen LogP contribution in [0.3, 0.4) is 0 Å². The van der Waals surface area contributed by atoms with E-state index in [2.05, 4.69) is 15.2 Å². The van der Waals surface area contributed by atoms with Gasteiger partial charge in [0.05, 0.1) is 12.3 Å². The quantitative estimate of drug-likeness (QED) is 0.630. The van der Waals surface area contributed by atoms with Crippen LogP contribution in [0.1, 0.15) is 35.7 Å². The molecule has 0 aliphatic heterocycles. The summed E-state index contributed by atoms with van der Waals surface area (Å²) >= 11 is 0. The van der Waals surface area contributed by atoms with Crippen molar-refractivity contribution in [2.75, 3.05) is 6.61 Å². The smallest absolute Gasteiger partial charge is 0.254 e. The first kappa shape index (κ1) is 18.1. The molecule has 2 heterocycles. The molecular formula is C22H22N4O2. The summed E-state index contributed by atoms with van der Waals surface area (Å²) < 4.78 is 5.32. The Balaban J connectivity index is 1.49. The third-order valence-corrected chi connectivity index (χ3v) is 4.71. The summed E-state index contributed by atoms with van der Waals surface area (Å²) in [5.74, 6) is 0.567. The molecule has 0 atom stereocenters. The zero-order valence-corrected chi connectivity index (χ0v) is 15.8. The highest BCUT2D eigenvalue weighted by molar-refractivity contribution is 5.95. The van der Waals surface area contributed by atoms with Crippen molar-refractivity contribution in [3.05, 3.63) is 72.1 Å². The second-order valence-electron chi connectivity index (χ2n) is 6.79. The van der Waals surface area contributed by atoms with E-state index in [0.717, 1.165) is 29.7 Å². The van der Waals surface area contributed by atoms with Gasteiger partial charge in [0.15, 0.2) is 0 Å². The topological polar surface area (TPSA) is 68.2 Å². The number of ether oxygens (including phenoxy) is 1. The lowest BCUT2D eigenvalue weighted by molar-refractivity contribution is 0.0730. The number of aromatic nitrogens is 3. The third kappa shape index (κ3) is 4.17. The maximum absolute atomic E-state index is 13.1. The van der Waals surface area contributed by atoms with Gasteiger partial charge in [0.25, 0.3) is 5.91 Å². The summed E-state index contributed by atoms with van der Waals surface area (Å²) in [6, 6.07) is 15.5. The monoisotopic (exact) mass is 374 g/mol. The van der Waals surface area contributed by atoms with Gasteiger partial charge in [-0.25, -0.2) is 0 Å². The predicted octanol–water partition coefficient (Wildman–Crippen LogP) is 3.74. The first-order chi connectivity index (χ1) is 13.7. The Morgan fingerprint density at radius 2 is 1.79 bits per heavy atom. The van der Waals surface area contributed by atoms with Crippen LogP contribution in [0.5, 0.6) is 5.88 Å². The lowest BCUT2D eigenvalue weighted by atomic mass is 10.1. The highest BCUT2D eigenvalue weighted by Gasteiger charge is 2.33. The van der Waals surface area contributed by atoms with Gasteiger partial charge in [-0.1, -0.05) is 12.1 Å². The van der Waals surface area contributed by atoms with E-state index in [0.29, 0.717) is 30.6 Å². The van der Waals surface area contributed by atoms with Crippen molar-refractivity contribution < 1.29 is 9.53 Å². The zero-order valence-electron chi connectivity index (χ0n) is 15.8. The van der Waals surface area contributed by atoms with Gasteiger partial charge in [-0.15, -0.1) is 10.2 Å². The van der Waals surface area contributed by atoms with E-state index in [-0.39, 0.29) is 5.91 Å². The highest BCUT2D eigenvalue weighted by atomic mass is 16.5. The van der Waals surface area contributed by atoms with Crippen LogP contribution < -0.4 is 4.74 Å². The van der Waals surface area contributed by atoms with Crippen LogP contribution in [0.2, 0.25) is 0 Å². The second-order valence-corrected chi connectivity index (χ2v) is 6.79. The van der Waals surface area contributed by atoms with Crippen molar-refractivity contribution >= 4 is 5.91 Å². The molecule has 0 bridgehead atoms. The largest absolute Gasteiger partial charge is 0.477 e. The predicted molar refractivity (Wildman–Crippen MR) is 106 cm³/mol. The Bertz CT molecular complexity index is 923. The van der Waals surface area contributed by atoms with E-state index in [1.165, 1.54) is 0 Å². The molecule has 1 fully saturated rings. The third-order valence-electron chi connectivity index (χ3n) is 4.71. The average Bonchev–Trinajstić information content (AvgIpc) is 3.59. The molecule has 0 unspecified atom stereocenters. The fraction of sp³-hybridized carbons (Fsp3) is 0.273. The fourth-order valence-corrected chi connectivity index (χ4v) is 3.09. The molecule has 1 saturated carbocycles. The van der Waals surface area contributed by atoms with Crippen LogP contribution in [0, 0.1) is 0 Å². The summed E-state index contributed by atoms with van der Waals surface area (Å²) in [7, 11) is 0. The molecule has 2 aromatic heterocycles. The van der Waals surface area contributed by atoms with Crippen LogP contribution in [0.25, 0.3) is 11.3 Å². The molecule has 1 aromatic carbocycles. The molecular weight excluding hydrogens is 352 g/mol. The van der Waals surface area contributed by atoms with Crippen molar-refractivity contribution in [1.29, 1.82) is 0 Å². The normalized spacial score (nSPS) is 13.2. The molecule has 1 aliphatic rings. The molecule has 142 valence electrons. The molecule has 0 N–H and O–H groups in total. The average molecular weight is 374 g/mol. The van der Waals surface area contributed by atoms with Gasteiger partial charge in [0.1, 0.15) is 0 Å². The first-order valence-electron chi connectivity index (χ1n) is 9.51. The van der Waals surface area contributed by atoms with Gasteiger partial charge in [-0.05, 0) is 55.7 Å². The Morgan fingerprint density at radius 1 is 1.04 bits per heavy atom. The summed E-state index contributed by atoms with van der Waals surface area (Å²) in [5.41, 5.74) is 3.44. The Hall–Kier alpha value is -3.28. The number of amides is 1. The number of pyridine rings is 1.